The molecule has 140 valence electrons. The molecule has 2 aromatic heterocycles. The van der Waals surface area contributed by atoms with Crippen LogP contribution in [-0.2, 0) is 13.6 Å². The van der Waals surface area contributed by atoms with E-state index >= 15 is 0 Å². The fourth-order valence-electron chi connectivity index (χ4n) is 4.40. The lowest BCUT2D eigenvalue weighted by molar-refractivity contribution is 0.194. The molecule has 0 radical (unpaired) electrons. The molecular formula is C19H22ClN7. The van der Waals surface area contributed by atoms with E-state index in [0.29, 0.717) is 11.1 Å². The molecule has 0 amide bonds. The van der Waals surface area contributed by atoms with Crippen LogP contribution in [0, 0.1) is 5.92 Å². The van der Waals surface area contributed by atoms with E-state index in [1.165, 1.54) is 12.8 Å². The molecule has 2 aliphatic rings. The van der Waals surface area contributed by atoms with Crippen molar-refractivity contribution in [3.8, 4) is 0 Å². The van der Waals surface area contributed by atoms with Gasteiger partial charge in [-0.05, 0) is 43.5 Å². The number of halogens is 1. The predicted octanol–water partition coefficient (Wildman–Crippen LogP) is 2.51. The lowest BCUT2D eigenvalue weighted by Crippen LogP contribution is -2.48. The lowest BCUT2D eigenvalue weighted by atomic mass is 9.92. The summed E-state index contributed by atoms with van der Waals surface area (Å²) < 4.78 is 1.87. The maximum Gasteiger partial charge on any atom is 0.147 e. The molecule has 7 nitrogen and oxygen atoms in total. The zero-order valence-corrected chi connectivity index (χ0v) is 16.0. The highest BCUT2D eigenvalue weighted by Gasteiger charge is 2.39. The largest absolute Gasteiger partial charge is 0.354 e. The van der Waals surface area contributed by atoms with E-state index < -0.39 is 0 Å². The van der Waals surface area contributed by atoms with Crippen LogP contribution < -0.4 is 4.90 Å². The lowest BCUT2D eigenvalue weighted by Gasteiger charge is -2.38. The summed E-state index contributed by atoms with van der Waals surface area (Å²) in [5, 5.41) is 4.89. The number of aryl methyl sites for hydroxylation is 1. The molecule has 2 fully saturated rings. The quantitative estimate of drug-likeness (QED) is 0.692. The van der Waals surface area contributed by atoms with Crippen LogP contribution in [0.15, 0.2) is 30.7 Å². The first-order valence-corrected chi connectivity index (χ1v) is 9.79. The highest BCUT2D eigenvalue weighted by Crippen LogP contribution is 2.34. The van der Waals surface area contributed by atoms with Crippen LogP contribution >= 0.6 is 11.6 Å². The number of benzene rings is 1. The van der Waals surface area contributed by atoms with Gasteiger partial charge in [0, 0.05) is 31.2 Å². The third kappa shape index (κ3) is 3.15. The molecule has 4 heterocycles. The summed E-state index contributed by atoms with van der Waals surface area (Å²) in [7, 11) is 1.96. The molecule has 5 rings (SSSR count). The van der Waals surface area contributed by atoms with Crippen molar-refractivity contribution < 1.29 is 0 Å². The molecule has 0 bridgehead atoms. The van der Waals surface area contributed by atoms with Crippen LogP contribution in [0.1, 0.15) is 18.7 Å². The zero-order valence-electron chi connectivity index (χ0n) is 15.3. The Morgan fingerprint density at radius 2 is 2.04 bits per heavy atom. The molecule has 0 spiro atoms. The van der Waals surface area contributed by atoms with Crippen LogP contribution in [0.25, 0.3) is 11.0 Å². The summed E-state index contributed by atoms with van der Waals surface area (Å²) >= 11 is 6.06. The van der Waals surface area contributed by atoms with Gasteiger partial charge in [-0.3, -0.25) is 14.6 Å². The average Bonchev–Trinajstić information content (AvgIpc) is 3.27. The molecule has 1 aromatic carbocycles. The Morgan fingerprint density at radius 3 is 2.89 bits per heavy atom. The third-order valence-corrected chi connectivity index (χ3v) is 6.18. The molecule has 27 heavy (non-hydrogen) atoms. The van der Waals surface area contributed by atoms with Gasteiger partial charge in [0.15, 0.2) is 0 Å². The minimum absolute atomic E-state index is 0.526. The molecule has 0 saturated carbocycles. The Labute approximate surface area is 163 Å². The monoisotopic (exact) mass is 383 g/mol. The number of rotatable bonds is 3. The summed E-state index contributed by atoms with van der Waals surface area (Å²) in [5.74, 6) is 2.73. The summed E-state index contributed by atoms with van der Waals surface area (Å²) in [6.07, 6.45) is 5.96. The fraction of sp³-hybridized carbons (Fsp3) is 0.474. The SMILES string of the molecule is Cn1ncnc1CN1CCC2CCN(c3cnc4cc(Cl)ccc4n3)CC21. The second kappa shape index (κ2) is 6.73. The molecule has 2 aliphatic heterocycles. The first-order chi connectivity index (χ1) is 13.2. The number of anilines is 1. The van der Waals surface area contributed by atoms with Crippen LogP contribution in [0.2, 0.25) is 5.02 Å². The second-order valence-corrected chi connectivity index (χ2v) is 7.92. The van der Waals surface area contributed by atoms with Crippen molar-refractivity contribution in [2.45, 2.75) is 25.4 Å². The number of fused-ring (bicyclic) bond motifs is 2. The zero-order chi connectivity index (χ0) is 18.4. The summed E-state index contributed by atoms with van der Waals surface area (Å²) in [6, 6.07) is 6.20. The first kappa shape index (κ1) is 16.9. The van der Waals surface area contributed by atoms with Crippen LogP contribution in [0.4, 0.5) is 5.82 Å². The Bertz CT molecular complexity index is 972. The van der Waals surface area contributed by atoms with E-state index in [1.54, 1.807) is 6.33 Å². The number of likely N-dealkylation sites (tertiary alicyclic amines) is 1. The molecule has 3 aromatic rings. The van der Waals surface area contributed by atoms with Crippen molar-refractivity contribution in [1.29, 1.82) is 0 Å². The summed E-state index contributed by atoms with van der Waals surface area (Å²) in [6.45, 7) is 3.99. The van der Waals surface area contributed by atoms with Gasteiger partial charge in [-0.1, -0.05) is 11.6 Å². The van der Waals surface area contributed by atoms with Gasteiger partial charge in [-0.2, -0.15) is 5.10 Å². The predicted molar refractivity (Wildman–Crippen MR) is 105 cm³/mol. The maximum atomic E-state index is 6.06. The molecule has 0 N–H and O–H groups in total. The van der Waals surface area contributed by atoms with Gasteiger partial charge in [0.2, 0.25) is 0 Å². The third-order valence-electron chi connectivity index (χ3n) is 5.94. The Morgan fingerprint density at radius 1 is 1.15 bits per heavy atom. The van der Waals surface area contributed by atoms with Gasteiger partial charge in [-0.15, -0.1) is 0 Å². The number of hydrogen-bond donors (Lipinski definition) is 0. The number of piperidine rings is 1. The Kier molecular flexibility index (Phi) is 4.21. The second-order valence-electron chi connectivity index (χ2n) is 7.48. The van der Waals surface area contributed by atoms with Gasteiger partial charge in [0.1, 0.15) is 18.0 Å². The highest BCUT2D eigenvalue weighted by molar-refractivity contribution is 6.31. The van der Waals surface area contributed by atoms with Crippen LogP contribution in [0.5, 0.6) is 0 Å². The molecule has 2 saturated heterocycles. The topological polar surface area (TPSA) is 63.0 Å². The minimum atomic E-state index is 0.526. The van der Waals surface area contributed by atoms with Crippen molar-refractivity contribution >= 4 is 28.5 Å². The molecule has 2 atom stereocenters. The van der Waals surface area contributed by atoms with Crippen molar-refractivity contribution in [2.75, 3.05) is 24.5 Å². The number of nitrogens with zero attached hydrogens (tertiary/aromatic N) is 7. The van der Waals surface area contributed by atoms with E-state index in [4.69, 9.17) is 16.6 Å². The molecule has 2 unspecified atom stereocenters. The van der Waals surface area contributed by atoms with E-state index in [-0.39, 0.29) is 0 Å². The van der Waals surface area contributed by atoms with Gasteiger partial charge in [0.25, 0.3) is 0 Å². The Hall–Kier alpha value is -2.25. The molecule has 8 heteroatoms. The van der Waals surface area contributed by atoms with E-state index in [1.807, 2.05) is 36.1 Å². The molecule has 0 aliphatic carbocycles. The number of aromatic nitrogens is 5. The maximum absolute atomic E-state index is 6.06. The summed E-state index contributed by atoms with van der Waals surface area (Å²) in [5.41, 5.74) is 1.73. The van der Waals surface area contributed by atoms with Crippen molar-refractivity contribution in [3.05, 3.63) is 41.6 Å². The fourth-order valence-corrected chi connectivity index (χ4v) is 4.57. The van der Waals surface area contributed by atoms with E-state index in [9.17, 15) is 0 Å². The van der Waals surface area contributed by atoms with Crippen molar-refractivity contribution in [1.82, 2.24) is 29.6 Å². The first-order valence-electron chi connectivity index (χ1n) is 9.41. The smallest absolute Gasteiger partial charge is 0.147 e. The normalized spacial score (nSPS) is 23.1. The number of hydrogen-bond acceptors (Lipinski definition) is 6. The van der Waals surface area contributed by atoms with Crippen molar-refractivity contribution in [3.63, 3.8) is 0 Å². The highest BCUT2D eigenvalue weighted by atomic mass is 35.5. The van der Waals surface area contributed by atoms with Crippen molar-refractivity contribution in [2.24, 2.45) is 13.0 Å². The van der Waals surface area contributed by atoms with E-state index in [2.05, 4.69) is 24.9 Å². The van der Waals surface area contributed by atoms with Gasteiger partial charge < -0.3 is 4.90 Å². The van der Waals surface area contributed by atoms with Crippen LogP contribution in [0.3, 0.4) is 0 Å². The van der Waals surface area contributed by atoms with Crippen LogP contribution in [-0.4, -0.2) is 55.3 Å². The van der Waals surface area contributed by atoms with Gasteiger partial charge in [0.05, 0.1) is 23.8 Å². The van der Waals surface area contributed by atoms with Gasteiger partial charge >= 0.3 is 0 Å². The molecular weight excluding hydrogens is 362 g/mol. The minimum Gasteiger partial charge on any atom is -0.354 e. The Balaban J connectivity index is 1.36. The standard InChI is InChI=1S/C19H22ClN7/c1-25-19(22-12-23-25)11-26-6-4-13-5-7-27(10-17(13)26)18-9-21-16-8-14(20)2-3-15(16)24-18/h2-3,8-9,12-13,17H,4-7,10-11H2,1H3. The van der Waals surface area contributed by atoms with E-state index in [0.717, 1.165) is 54.8 Å². The average molecular weight is 384 g/mol. The van der Waals surface area contributed by atoms with Gasteiger partial charge in [-0.25, -0.2) is 9.97 Å². The summed E-state index contributed by atoms with van der Waals surface area (Å²) in [4.78, 5) is 18.7.